The first-order valence-electron chi connectivity index (χ1n) is 7.34. The first kappa shape index (κ1) is 14.2. The van der Waals surface area contributed by atoms with Crippen LogP contribution in [0.25, 0.3) is 22.4 Å². The summed E-state index contributed by atoms with van der Waals surface area (Å²) in [5.41, 5.74) is 2.43. The number of nitrogens with zero attached hydrogens (tertiary/aromatic N) is 5. The number of methoxy groups -OCH3 is 1. The van der Waals surface area contributed by atoms with Gasteiger partial charge in [0.15, 0.2) is 11.5 Å². The second kappa shape index (κ2) is 5.65. The van der Waals surface area contributed by atoms with Crippen molar-refractivity contribution in [3.05, 3.63) is 42.9 Å². The molecule has 0 aliphatic carbocycles. The van der Waals surface area contributed by atoms with Crippen LogP contribution in [0, 0.1) is 0 Å². The first-order valence-corrected chi connectivity index (χ1v) is 7.34. The molecule has 0 fully saturated rings. The molecule has 3 heterocycles. The number of H-pyrrole nitrogens is 1. The van der Waals surface area contributed by atoms with Crippen LogP contribution in [0.15, 0.2) is 42.9 Å². The van der Waals surface area contributed by atoms with Gasteiger partial charge in [-0.15, -0.1) is 0 Å². The SMILES string of the molecule is COc1cccc(Nc2nc(-c3cn[nH]c3)nc3c2cnn3C)c1. The smallest absolute Gasteiger partial charge is 0.167 e. The van der Waals surface area contributed by atoms with Crippen LogP contribution in [0.5, 0.6) is 5.75 Å². The molecule has 0 atom stereocenters. The molecule has 0 saturated carbocycles. The van der Waals surface area contributed by atoms with Gasteiger partial charge < -0.3 is 10.1 Å². The largest absolute Gasteiger partial charge is 0.497 e. The van der Waals surface area contributed by atoms with Crippen LogP contribution in [0.3, 0.4) is 0 Å². The Labute approximate surface area is 137 Å². The third-order valence-corrected chi connectivity index (χ3v) is 3.68. The molecule has 4 aromatic rings. The summed E-state index contributed by atoms with van der Waals surface area (Å²) in [6, 6.07) is 7.66. The highest BCUT2D eigenvalue weighted by molar-refractivity contribution is 5.90. The summed E-state index contributed by atoms with van der Waals surface area (Å²) >= 11 is 0. The van der Waals surface area contributed by atoms with Gasteiger partial charge in [0.05, 0.1) is 30.5 Å². The Kier molecular flexibility index (Phi) is 3.34. The average Bonchev–Trinajstić information content (AvgIpc) is 3.26. The van der Waals surface area contributed by atoms with Crippen molar-refractivity contribution in [2.75, 3.05) is 12.4 Å². The van der Waals surface area contributed by atoms with Crippen molar-refractivity contribution >= 4 is 22.5 Å². The third kappa shape index (κ3) is 2.43. The topological polar surface area (TPSA) is 93.5 Å². The second-order valence-corrected chi connectivity index (χ2v) is 5.25. The van der Waals surface area contributed by atoms with E-state index in [-0.39, 0.29) is 0 Å². The van der Waals surface area contributed by atoms with Crippen molar-refractivity contribution in [1.29, 1.82) is 0 Å². The maximum Gasteiger partial charge on any atom is 0.167 e. The number of aromatic amines is 1. The summed E-state index contributed by atoms with van der Waals surface area (Å²) < 4.78 is 6.98. The Balaban J connectivity index is 1.84. The highest BCUT2D eigenvalue weighted by Crippen LogP contribution is 2.27. The lowest BCUT2D eigenvalue weighted by molar-refractivity contribution is 0.415. The molecule has 8 heteroatoms. The number of hydrogen-bond acceptors (Lipinski definition) is 6. The Morgan fingerprint density at radius 1 is 1.21 bits per heavy atom. The van der Waals surface area contributed by atoms with Crippen molar-refractivity contribution in [2.24, 2.45) is 7.05 Å². The van der Waals surface area contributed by atoms with E-state index in [2.05, 4.69) is 30.6 Å². The molecule has 24 heavy (non-hydrogen) atoms. The standard InChI is InChI=1S/C16H15N7O/c1-23-16-13(9-19-23)15(20-11-4-3-5-12(6-11)24-2)21-14(22-16)10-7-17-18-8-10/h3-9H,1-2H3,(H,17,18)(H,20,21,22). The fourth-order valence-corrected chi connectivity index (χ4v) is 2.46. The number of anilines is 2. The van der Waals surface area contributed by atoms with E-state index in [1.165, 1.54) is 0 Å². The van der Waals surface area contributed by atoms with Gasteiger partial charge >= 0.3 is 0 Å². The van der Waals surface area contributed by atoms with E-state index in [0.29, 0.717) is 11.6 Å². The number of benzene rings is 1. The average molecular weight is 321 g/mol. The first-order chi connectivity index (χ1) is 11.7. The molecule has 2 N–H and O–H groups in total. The van der Waals surface area contributed by atoms with Gasteiger partial charge in [-0.25, -0.2) is 9.97 Å². The Bertz CT molecular complexity index is 991. The van der Waals surface area contributed by atoms with Gasteiger partial charge in [-0.2, -0.15) is 10.2 Å². The summed E-state index contributed by atoms with van der Waals surface area (Å²) in [4.78, 5) is 9.21. The van der Waals surface area contributed by atoms with Gasteiger partial charge in [0.25, 0.3) is 0 Å². The van der Waals surface area contributed by atoms with Gasteiger partial charge in [0.2, 0.25) is 0 Å². The fourth-order valence-electron chi connectivity index (χ4n) is 2.46. The van der Waals surface area contributed by atoms with Crippen molar-refractivity contribution in [3.63, 3.8) is 0 Å². The van der Waals surface area contributed by atoms with Gasteiger partial charge in [0.1, 0.15) is 11.6 Å². The molecule has 0 amide bonds. The zero-order valence-corrected chi connectivity index (χ0v) is 13.2. The molecule has 4 rings (SSSR count). The molecule has 0 saturated heterocycles. The molecule has 0 aliphatic heterocycles. The zero-order valence-electron chi connectivity index (χ0n) is 13.2. The van der Waals surface area contributed by atoms with Crippen LogP contribution in [-0.4, -0.2) is 37.1 Å². The predicted octanol–water partition coefficient (Wildman–Crippen LogP) is 2.51. The molecule has 0 bridgehead atoms. The molecular weight excluding hydrogens is 306 g/mol. The minimum atomic E-state index is 0.574. The number of aromatic nitrogens is 6. The van der Waals surface area contributed by atoms with Crippen molar-refractivity contribution in [2.45, 2.75) is 0 Å². The quantitative estimate of drug-likeness (QED) is 0.600. The van der Waals surface area contributed by atoms with Crippen molar-refractivity contribution < 1.29 is 4.74 Å². The Hall–Kier alpha value is -3.42. The van der Waals surface area contributed by atoms with Gasteiger partial charge in [0, 0.05) is 25.0 Å². The lowest BCUT2D eigenvalue weighted by Gasteiger charge is -2.09. The summed E-state index contributed by atoms with van der Waals surface area (Å²) in [6.45, 7) is 0. The van der Waals surface area contributed by atoms with Crippen LogP contribution < -0.4 is 10.1 Å². The molecule has 8 nitrogen and oxygen atoms in total. The third-order valence-electron chi connectivity index (χ3n) is 3.68. The normalized spacial score (nSPS) is 10.9. The maximum atomic E-state index is 5.27. The number of hydrogen-bond donors (Lipinski definition) is 2. The summed E-state index contributed by atoms with van der Waals surface area (Å²) in [6.07, 6.45) is 5.19. The summed E-state index contributed by atoms with van der Waals surface area (Å²) in [5.74, 6) is 2.02. The van der Waals surface area contributed by atoms with Gasteiger partial charge in [-0.3, -0.25) is 9.78 Å². The molecular formula is C16H15N7O. The lowest BCUT2D eigenvalue weighted by Crippen LogP contribution is -2.00. The minimum Gasteiger partial charge on any atom is -0.497 e. The number of nitrogens with one attached hydrogen (secondary N) is 2. The zero-order chi connectivity index (χ0) is 16.5. The van der Waals surface area contributed by atoms with Crippen LogP contribution in [-0.2, 0) is 7.05 Å². The van der Waals surface area contributed by atoms with E-state index >= 15 is 0 Å². The van der Waals surface area contributed by atoms with Crippen LogP contribution in [0.2, 0.25) is 0 Å². The van der Waals surface area contributed by atoms with E-state index in [1.807, 2.05) is 31.3 Å². The monoisotopic (exact) mass is 321 g/mol. The molecule has 120 valence electrons. The van der Waals surface area contributed by atoms with E-state index < -0.39 is 0 Å². The number of fused-ring (bicyclic) bond motifs is 1. The Morgan fingerprint density at radius 2 is 2.12 bits per heavy atom. The van der Waals surface area contributed by atoms with Crippen molar-refractivity contribution in [1.82, 2.24) is 29.9 Å². The Morgan fingerprint density at radius 3 is 2.92 bits per heavy atom. The maximum absolute atomic E-state index is 5.27. The van der Waals surface area contributed by atoms with Crippen molar-refractivity contribution in [3.8, 4) is 17.1 Å². The number of aryl methyl sites for hydroxylation is 1. The predicted molar refractivity (Wildman–Crippen MR) is 90.2 cm³/mol. The van der Waals surface area contributed by atoms with Gasteiger partial charge in [-0.1, -0.05) is 6.07 Å². The highest BCUT2D eigenvalue weighted by atomic mass is 16.5. The van der Waals surface area contributed by atoms with Gasteiger partial charge in [-0.05, 0) is 12.1 Å². The summed E-state index contributed by atoms with van der Waals surface area (Å²) in [7, 11) is 3.49. The van der Waals surface area contributed by atoms with E-state index in [1.54, 1.807) is 30.4 Å². The summed E-state index contributed by atoms with van der Waals surface area (Å²) in [5, 5.41) is 15.2. The number of rotatable bonds is 4. The number of ether oxygens (including phenoxy) is 1. The van der Waals surface area contributed by atoms with E-state index in [0.717, 1.165) is 28.0 Å². The highest BCUT2D eigenvalue weighted by Gasteiger charge is 2.13. The fraction of sp³-hybridized carbons (Fsp3) is 0.125. The molecule has 3 aromatic heterocycles. The molecule has 0 radical (unpaired) electrons. The molecule has 1 aromatic carbocycles. The van der Waals surface area contributed by atoms with Crippen LogP contribution in [0.4, 0.5) is 11.5 Å². The molecule has 0 aliphatic rings. The second-order valence-electron chi connectivity index (χ2n) is 5.25. The van der Waals surface area contributed by atoms with Crippen LogP contribution >= 0.6 is 0 Å². The molecule has 0 spiro atoms. The van der Waals surface area contributed by atoms with E-state index in [4.69, 9.17) is 4.74 Å². The molecule has 0 unspecified atom stereocenters. The van der Waals surface area contributed by atoms with Crippen LogP contribution in [0.1, 0.15) is 0 Å². The minimum absolute atomic E-state index is 0.574. The van der Waals surface area contributed by atoms with E-state index in [9.17, 15) is 0 Å². The lowest BCUT2D eigenvalue weighted by atomic mass is 10.2.